The van der Waals surface area contributed by atoms with Gasteiger partial charge in [-0.15, -0.1) is 0 Å². The van der Waals surface area contributed by atoms with E-state index >= 15 is 0 Å². The molecule has 0 aromatic carbocycles. The Morgan fingerprint density at radius 2 is 1.82 bits per heavy atom. The molecule has 0 radical (unpaired) electrons. The molecule has 1 rings (SSSR count). The summed E-state index contributed by atoms with van der Waals surface area (Å²) in [5.74, 6) is 0. The molecule has 1 heterocycles. The van der Waals surface area contributed by atoms with Crippen LogP contribution in [-0.4, -0.2) is 19.5 Å². The molecule has 17 heavy (non-hydrogen) atoms. The molecular weight excluding hydrogens is 333 g/mol. The van der Waals surface area contributed by atoms with E-state index in [9.17, 15) is 0 Å². The molecule has 0 amide bonds. The normalized spacial score (nSPS) is 19.6. The van der Waals surface area contributed by atoms with Gasteiger partial charge in [0.1, 0.15) is 0 Å². The summed E-state index contributed by atoms with van der Waals surface area (Å²) in [6.45, 7) is 5.59. The van der Waals surface area contributed by atoms with Gasteiger partial charge in [0.05, 0.1) is 0 Å². The molecule has 1 fully saturated rings. The predicted octanol–water partition coefficient (Wildman–Crippen LogP) is 4.55. The van der Waals surface area contributed by atoms with Crippen LogP contribution in [0.25, 0.3) is 0 Å². The van der Waals surface area contributed by atoms with Gasteiger partial charge in [-0.1, -0.05) is 25.7 Å². The number of halogens is 1. The van der Waals surface area contributed by atoms with Gasteiger partial charge < -0.3 is 16.4 Å². The van der Waals surface area contributed by atoms with E-state index in [1.807, 2.05) is 0 Å². The van der Waals surface area contributed by atoms with Gasteiger partial charge in [-0.05, 0) is 25.7 Å². The maximum absolute atomic E-state index is 5.65. The molecule has 0 aromatic heterocycles. The van der Waals surface area contributed by atoms with E-state index in [-0.39, 0.29) is 6.29 Å². The van der Waals surface area contributed by atoms with Crippen LogP contribution in [0.2, 0.25) is 0 Å². The number of ether oxygens (including phenoxy) is 2. The molecule has 0 spiro atoms. The molecule has 2 nitrogen and oxygen atoms in total. The SMILES string of the molecule is [CH2-]CCCCCCCOC1CCCCO1.[Zn+][Br]. The van der Waals surface area contributed by atoms with Gasteiger partial charge in [0, 0.05) is 13.2 Å². The topological polar surface area (TPSA) is 18.5 Å². The second kappa shape index (κ2) is 15.1. The van der Waals surface area contributed by atoms with E-state index in [0.29, 0.717) is 0 Å². The quantitative estimate of drug-likeness (QED) is 0.360. The standard InChI is InChI=1S/C13H25O2.BrH.Zn/c1-2-3-4-5-6-8-11-14-13-10-7-9-12-15-13;;/h13H,1-12H2;1H;/q-1;;+2/p-1. The fraction of sp³-hybridized carbons (Fsp3) is 0.923. The zero-order valence-corrected chi connectivity index (χ0v) is 15.5. The fourth-order valence-electron chi connectivity index (χ4n) is 1.87. The first kappa shape index (κ1) is 18.0. The third-order valence-electron chi connectivity index (χ3n) is 2.84. The molecule has 1 atom stereocenters. The third-order valence-corrected chi connectivity index (χ3v) is 2.84. The van der Waals surface area contributed by atoms with Crippen molar-refractivity contribution in [2.45, 2.75) is 64.1 Å². The number of hydrogen-bond donors (Lipinski definition) is 0. The van der Waals surface area contributed by atoms with Crippen molar-refractivity contribution in [3.8, 4) is 0 Å². The molecular formula is C13H25BrO2Zn. The first-order valence-electron chi connectivity index (χ1n) is 6.72. The van der Waals surface area contributed by atoms with Crippen molar-refractivity contribution in [1.82, 2.24) is 0 Å². The van der Waals surface area contributed by atoms with E-state index in [1.165, 1.54) is 61.3 Å². The van der Waals surface area contributed by atoms with Crippen LogP contribution in [0.1, 0.15) is 57.8 Å². The van der Waals surface area contributed by atoms with Gasteiger partial charge in [0.25, 0.3) is 0 Å². The Hall–Kier alpha value is 1.02. The van der Waals surface area contributed by atoms with Gasteiger partial charge >= 0.3 is 30.0 Å². The van der Waals surface area contributed by atoms with Crippen LogP contribution < -0.4 is 0 Å². The van der Waals surface area contributed by atoms with Crippen LogP contribution in [0.3, 0.4) is 0 Å². The Morgan fingerprint density at radius 3 is 2.47 bits per heavy atom. The molecule has 0 N–H and O–H groups in total. The molecule has 0 saturated carbocycles. The maximum atomic E-state index is 5.65. The molecule has 0 aliphatic carbocycles. The van der Waals surface area contributed by atoms with Crippen molar-refractivity contribution in [3.05, 3.63) is 6.92 Å². The Morgan fingerprint density at radius 1 is 1.12 bits per heavy atom. The zero-order chi connectivity index (χ0) is 12.8. The van der Waals surface area contributed by atoms with Gasteiger partial charge in [-0.2, -0.15) is 6.42 Å². The third kappa shape index (κ3) is 11.8. The Kier molecular flexibility index (Phi) is 16.0. The average molecular weight is 359 g/mol. The molecule has 1 unspecified atom stereocenters. The van der Waals surface area contributed by atoms with E-state index in [2.05, 4.69) is 20.5 Å². The Labute approximate surface area is 123 Å². The second-order valence-corrected chi connectivity index (χ2v) is 4.29. The Balaban J connectivity index is 0.00000121. The molecule has 1 aliphatic rings. The van der Waals surface area contributed by atoms with Crippen molar-refractivity contribution in [2.24, 2.45) is 0 Å². The molecule has 1 saturated heterocycles. The minimum atomic E-state index is 0.0959. The molecule has 4 heteroatoms. The van der Waals surface area contributed by atoms with Gasteiger partial charge in [0.15, 0.2) is 6.29 Å². The van der Waals surface area contributed by atoms with Crippen molar-refractivity contribution < 1.29 is 25.8 Å². The summed E-state index contributed by atoms with van der Waals surface area (Å²) < 4.78 is 11.1. The van der Waals surface area contributed by atoms with Crippen molar-refractivity contribution >= 4 is 13.6 Å². The molecule has 0 aromatic rings. The summed E-state index contributed by atoms with van der Waals surface area (Å²) in [4.78, 5) is 0. The van der Waals surface area contributed by atoms with Gasteiger partial charge in [-0.3, -0.25) is 0 Å². The first-order chi connectivity index (χ1) is 8.43. The molecule has 98 valence electrons. The van der Waals surface area contributed by atoms with Crippen LogP contribution in [0.5, 0.6) is 0 Å². The van der Waals surface area contributed by atoms with Crippen LogP contribution in [0.15, 0.2) is 0 Å². The van der Waals surface area contributed by atoms with E-state index < -0.39 is 0 Å². The van der Waals surface area contributed by atoms with Crippen LogP contribution in [0.4, 0.5) is 0 Å². The summed E-state index contributed by atoms with van der Waals surface area (Å²) in [5, 5.41) is 0. The number of unbranched alkanes of at least 4 members (excludes halogenated alkanes) is 5. The van der Waals surface area contributed by atoms with Crippen molar-refractivity contribution in [1.29, 1.82) is 0 Å². The average Bonchev–Trinajstić information content (AvgIpc) is 2.41. The summed E-state index contributed by atoms with van der Waals surface area (Å²) in [7, 11) is 0. The molecule has 1 aliphatic heterocycles. The second-order valence-electron chi connectivity index (χ2n) is 4.29. The Bertz CT molecular complexity index is 141. The summed E-state index contributed by atoms with van der Waals surface area (Å²) in [5.41, 5.74) is 0. The predicted molar refractivity (Wildman–Crippen MR) is 71.5 cm³/mol. The summed E-state index contributed by atoms with van der Waals surface area (Å²) >= 11 is 4.25. The first-order valence-corrected chi connectivity index (χ1v) is 13.7. The van der Waals surface area contributed by atoms with E-state index in [0.717, 1.165) is 26.1 Å². The summed E-state index contributed by atoms with van der Waals surface area (Å²) in [6.07, 6.45) is 11.1. The number of rotatable bonds is 8. The van der Waals surface area contributed by atoms with Crippen LogP contribution in [-0.2, 0) is 25.8 Å². The van der Waals surface area contributed by atoms with Gasteiger partial charge in [-0.25, -0.2) is 0 Å². The van der Waals surface area contributed by atoms with Crippen LogP contribution >= 0.6 is 13.6 Å². The van der Waals surface area contributed by atoms with E-state index in [4.69, 9.17) is 9.47 Å². The number of hydrogen-bond acceptors (Lipinski definition) is 2. The van der Waals surface area contributed by atoms with Crippen molar-refractivity contribution in [2.75, 3.05) is 13.2 Å². The van der Waals surface area contributed by atoms with Crippen molar-refractivity contribution in [3.63, 3.8) is 0 Å². The minimum absolute atomic E-state index is 0.0959. The fourth-order valence-corrected chi connectivity index (χ4v) is 1.87. The van der Waals surface area contributed by atoms with E-state index in [1.54, 1.807) is 0 Å². The molecule has 0 bridgehead atoms. The van der Waals surface area contributed by atoms with Crippen LogP contribution in [0, 0.1) is 6.92 Å². The van der Waals surface area contributed by atoms with Gasteiger partial charge in [0.2, 0.25) is 0 Å². The monoisotopic (exact) mass is 356 g/mol. The zero-order valence-electron chi connectivity index (χ0n) is 11.0. The summed E-state index contributed by atoms with van der Waals surface area (Å²) in [6, 6.07) is 0.